The maximum atomic E-state index is 11.2. The first-order valence-corrected chi connectivity index (χ1v) is 5.55. The third-order valence-electron chi connectivity index (χ3n) is 2.85. The van der Waals surface area contributed by atoms with Crippen LogP contribution < -0.4 is 9.64 Å². The van der Waals surface area contributed by atoms with Gasteiger partial charge >= 0.3 is 0 Å². The molecule has 0 bridgehead atoms. The smallest absolute Gasteiger partial charge is 0.218 e. The summed E-state index contributed by atoms with van der Waals surface area (Å²) >= 11 is 0. The number of ether oxygens (including phenoxy) is 1. The van der Waals surface area contributed by atoms with Gasteiger partial charge in [-0.05, 0) is 18.6 Å². The predicted molar refractivity (Wildman–Crippen MR) is 62.0 cm³/mol. The molecule has 4 heteroatoms. The topological polar surface area (TPSA) is 42.4 Å². The van der Waals surface area contributed by atoms with Crippen molar-refractivity contribution in [2.75, 3.05) is 25.1 Å². The van der Waals surface area contributed by atoms with Crippen molar-refractivity contribution in [1.29, 1.82) is 0 Å². The van der Waals surface area contributed by atoms with E-state index in [0.29, 0.717) is 18.8 Å². The molecule has 0 spiro atoms. The minimum absolute atomic E-state index is 0.278. The first-order chi connectivity index (χ1) is 7.74. The molecule has 1 aromatic rings. The van der Waals surface area contributed by atoms with Crippen molar-refractivity contribution in [3.63, 3.8) is 0 Å². The molecule has 0 N–H and O–H groups in total. The van der Waals surface area contributed by atoms with Crippen molar-refractivity contribution in [2.45, 2.75) is 19.8 Å². The Kier molecular flexibility index (Phi) is 3.08. The van der Waals surface area contributed by atoms with E-state index in [1.165, 1.54) is 0 Å². The van der Waals surface area contributed by atoms with Crippen molar-refractivity contribution in [3.8, 4) is 5.88 Å². The molecule has 2 rings (SSSR count). The molecule has 0 atom stereocenters. The SMILES string of the molecule is CCc1ccc(N2CCC(=O)C2)nc1OC. The second-order valence-electron chi connectivity index (χ2n) is 3.90. The Morgan fingerprint density at radius 3 is 2.88 bits per heavy atom. The quantitative estimate of drug-likeness (QED) is 0.773. The molecule has 0 aliphatic carbocycles. The standard InChI is InChI=1S/C12H16N2O2/c1-3-9-4-5-11(13-12(9)16-2)14-7-6-10(15)8-14/h4-5H,3,6-8H2,1-2H3. The Morgan fingerprint density at radius 1 is 1.50 bits per heavy atom. The molecular weight excluding hydrogens is 204 g/mol. The van der Waals surface area contributed by atoms with E-state index in [0.717, 1.165) is 24.3 Å². The van der Waals surface area contributed by atoms with Gasteiger partial charge in [0.15, 0.2) is 5.78 Å². The Bertz CT molecular complexity index is 404. The Hall–Kier alpha value is -1.58. The van der Waals surface area contributed by atoms with Gasteiger partial charge in [0, 0.05) is 18.5 Å². The monoisotopic (exact) mass is 220 g/mol. The summed E-state index contributed by atoms with van der Waals surface area (Å²) in [5.74, 6) is 1.78. The number of carbonyl (C=O) groups excluding carboxylic acids is 1. The van der Waals surface area contributed by atoms with Gasteiger partial charge in [-0.25, -0.2) is 0 Å². The number of anilines is 1. The van der Waals surface area contributed by atoms with Crippen LogP contribution in [0.25, 0.3) is 0 Å². The molecule has 0 amide bonds. The van der Waals surface area contributed by atoms with E-state index in [9.17, 15) is 4.79 Å². The highest BCUT2D eigenvalue weighted by atomic mass is 16.5. The highest BCUT2D eigenvalue weighted by molar-refractivity contribution is 5.86. The first kappa shape index (κ1) is 10.9. The third kappa shape index (κ3) is 2.01. The summed E-state index contributed by atoms with van der Waals surface area (Å²) < 4.78 is 5.24. The first-order valence-electron chi connectivity index (χ1n) is 5.55. The molecule has 1 fully saturated rings. The third-order valence-corrected chi connectivity index (χ3v) is 2.85. The molecule has 0 saturated carbocycles. The summed E-state index contributed by atoms with van der Waals surface area (Å²) in [6.45, 7) is 3.31. The van der Waals surface area contributed by atoms with Gasteiger partial charge in [-0.15, -0.1) is 0 Å². The molecule has 2 heterocycles. The normalized spacial score (nSPS) is 15.6. The number of hydrogen-bond acceptors (Lipinski definition) is 4. The van der Waals surface area contributed by atoms with Crippen LogP contribution in [0.4, 0.5) is 5.82 Å². The zero-order valence-electron chi connectivity index (χ0n) is 9.69. The second kappa shape index (κ2) is 4.51. The van der Waals surface area contributed by atoms with Gasteiger partial charge < -0.3 is 9.64 Å². The average Bonchev–Trinajstić information content (AvgIpc) is 2.75. The van der Waals surface area contributed by atoms with Crippen LogP contribution in [0, 0.1) is 0 Å². The van der Waals surface area contributed by atoms with Crippen LogP contribution in [-0.4, -0.2) is 31.0 Å². The molecule has 0 unspecified atom stereocenters. The van der Waals surface area contributed by atoms with E-state index in [1.54, 1.807) is 7.11 Å². The van der Waals surface area contributed by atoms with Crippen LogP contribution in [0.2, 0.25) is 0 Å². The van der Waals surface area contributed by atoms with Crippen LogP contribution >= 0.6 is 0 Å². The maximum Gasteiger partial charge on any atom is 0.218 e. The highest BCUT2D eigenvalue weighted by Crippen LogP contribution is 2.23. The molecular formula is C12H16N2O2. The lowest BCUT2D eigenvalue weighted by Crippen LogP contribution is -2.20. The van der Waals surface area contributed by atoms with E-state index in [-0.39, 0.29) is 5.78 Å². The molecule has 4 nitrogen and oxygen atoms in total. The van der Waals surface area contributed by atoms with Crippen molar-refractivity contribution in [3.05, 3.63) is 17.7 Å². The van der Waals surface area contributed by atoms with Crippen LogP contribution in [-0.2, 0) is 11.2 Å². The molecule has 1 aromatic heterocycles. The summed E-state index contributed by atoms with van der Waals surface area (Å²) in [7, 11) is 1.63. The van der Waals surface area contributed by atoms with Gasteiger partial charge in [0.25, 0.3) is 0 Å². The van der Waals surface area contributed by atoms with E-state index >= 15 is 0 Å². The largest absolute Gasteiger partial charge is 0.481 e. The number of ketones is 1. The number of carbonyl (C=O) groups is 1. The number of aromatic nitrogens is 1. The maximum absolute atomic E-state index is 11.2. The van der Waals surface area contributed by atoms with Crippen molar-refractivity contribution in [1.82, 2.24) is 4.98 Å². The van der Waals surface area contributed by atoms with Crippen molar-refractivity contribution < 1.29 is 9.53 Å². The molecule has 0 radical (unpaired) electrons. The van der Waals surface area contributed by atoms with Gasteiger partial charge in [-0.3, -0.25) is 4.79 Å². The van der Waals surface area contributed by atoms with E-state index in [2.05, 4.69) is 11.9 Å². The lowest BCUT2D eigenvalue weighted by molar-refractivity contribution is -0.116. The summed E-state index contributed by atoms with van der Waals surface area (Å²) in [5, 5.41) is 0. The Labute approximate surface area is 95.2 Å². The summed E-state index contributed by atoms with van der Waals surface area (Å²) in [5.41, 5.74) is 1.09. The highest BCUT2D eigenvalue weighted by Gasteiger charge is 2.21. The average molecular weight is 220 g/mol. The number of methoxy groups -OCH3 is 1. The predicted octanol–water partition coefficient (Wildman–Crippen LogP) is 1.43. The molecule has 1 aliphatic rings. The van der Waals surface area contributed by atoms with Crippen LogP contribution in [0.15, 0.2) is 12.1 Å². The minimum Gasteiger partial charge on any atom is -0.481 e. The van der Waals surface area contributed by atoms with Gasteiger partial charge in [0.2, 0.25) is 5.88 Å². The summed E-state index contributed by atoms with van der Waals surface area (Å²) in [6, 6.07) is 3.98. The van der Waals surface area contributed by atoms with E-state index < -0.39 is 0 Å². The second-order valence-corrected chi connectivity index (χ2v) is 3.90. The number of rotatable bonds is 3. The molecule has 1 saturated heterocycles. The van der Waals surface area contributed by atoms with Gasteiger partial charge in [-0.1, -0.05) is 6.92 Å². The van der Waals surface area contributed by atoms with Crippen molar-refractivity contribution >= 4 is 11.6 Å². The van der Waals surface area contributed by atoms with E-state index in [1.807, 2.05) is 17.0 Å². The van der Waals surface area contributed by atoms with Gasteiger partial charge in [0.1, 0.15) is 5.82 Å². The van der Waals surface area contributed by atoms with Crippen LogP contribution in [0.5, 0.6) is 5.88 Å². The Morgan fingerprint density at radius 2 is 2.31 bits per heavy atom. The number of pyridine rings is 1. The molecule has 1 aliphatic heterocycles. The Balaban J connectivity index is 2.25. The molecule has 16 heavy (non-hydrogen) atoms. The van der Waals surface area contributed by atoms with Gasteiger partial charge in [-0.2, -0.15) is 4.98 Å². The fourth-order valence-corrected chi connectivity index (χ4v) is 1.91. The minimum atomic E-state index is 0.278. The lowest BCUT2D eigenvalue weighted by atomic mass is 10.2. The number of nitrogens with zero attached hydrogens (tertiary/aromatic N) is 2. The zero-order valence-corrected chi connectivity index (χ0v) is 9.69. The van der Waals surface area contributed by atoms with Crippen LogP contribution in [0.3, 0.4) is 0 Å². The lowest BCUT2D eigenvalue weighted by Gasteiger charge is -2.17. The van der Waals surface area contributed by atoms with Gasteiger partial charge in [0.05, 0.1) is 13.7 Å². The summed E-state index contributed by atoms with van der Waals surface area (Å²) in [4.78, 5) is 17.6. The molecule has 86 valence electrons. The fraction of sp³-hybridized carbons (Fsp3) is 0.500. The fourth-order valence-electron chi connectivity index (χ4n) is 1.91. The number of aryl methyl sites for hydroxylation is 1. The number of hydrogen-bond donors (Lipinski definition) is 0. The van der Waals surface area contributed by atoms with E-state index in [4.69, 9.17) is 4.74 Å². The number of Topliss-reactive ketones (excluding diaryl/α,β-unsaturated/α-hetero) is 1. The molecule has 0 aromatic carbocycles. The van der Waals surface area contributed by atoms with Crippen LogP contribution in [0.1, 0.15) is 18.9 Å². The summed E-state index contributed by atoms with van der Waals surface area (Å²) in [6.07, 6.45) is 1.52. The van der Waals surface area contributed by atoms with Crippen molar-refractivity contribution in [2.24, 2.45) is 0 Å². The zero-order chi connectivity index (χ0) is 11.5.